The lowest BCUT2D eigenvalue weighted by molar-refractivity contribution is -0.116. The maximum Gasteiger partial charge on any atom is 0.251 e. The van der Waals surface area contributed by atoms with Crippen molar-refractivity contribution in [3.05, 3.63) is 44.9 Å². The van der Waals surface area contributed by atoms with Gasteiger partial charge in [0.1, 0.15) is 0 Å². The number of hydrogen-bond donors (Lipinski definition) is 2. The van der Waals surface area contributed by atoms with Crippen LogP contribution in [0, 0.1) is 0 Å². The first-order valence-corrected chi connectivity index (χ1v) is 10.7. The Bertz CT molecular complexity index is 836. The Morgan fingerprint density at radius 2 is 2.04 bits per heavy atom. The number of thiazole rings is 1. The van der Waals surface area contributed by atoms with Crippen LogP contribution in [0.2, 0.25) is 0 Å². The molecule has 0 spiro atoms. The van der Waals surface area contributed by atoms with Crippen LogP contribution < -0.4 is 10.6 Å². The van der Waals surface area contributed by atoms with Crippen LogP contribution in [-0.4, -0.2) is 23.3 Å². The second-order valence-corrected chi connectivity index (χ2v) is 8.49. The Morgan fingerprint density at radius 3 is 2.93 bits per heavy atom. The number of rotatable bonds is 5. The lowest BCUT2D eigenvalue weighted by Gasteiger charge is -2.10. The average Bonchev–Trinajstić information content (AvgIpc) is 2.99. The number of anilines is 1. The number of fused-ring (bicyclic) bond motifs is 2. The van der Waals surface area contributed by atoms with Crippen molar-refractivity contribution < 1.29 is 9.59 Å². The minimum atomic E-state index is -0.0493. The van der Waals surface area contributed by atoms with Gasteiger partial charge in [-0.15, -0.1) is 11.3 Å². The molecule has 2 aliphatic rings. The molecule has 4 rings (SSSR count). The summed E-state index contributed by atoms with van der Waals surface area (Å²) in [5.41, 5.74) is 3.85. The summed E-state index contributed by atoms with van der Waals surface area (Å²) < 4.78 is 0. The Balaban J connectivity index is 1.29. The van der Waals surface area contributed by atoms with Crippen molar-refractivity contribution in [3.8, 4) is 0 Å². The van der Waals surface area contributed by atoms with Crippen molar-refractivity contribution in [2.45, 2.75) is 57.8 Å². The maximum absolute atomic E-state index is 12.4. The molecule has 27 heavy (non-hydrogen) atoms. The fourth-order valence-electron chi connectivity index (χ4n) is 3.77. The van der Waals surface area contributed by atoms with E-state index in [2.05, 4.69) is 10.6 Å². The molecule has 6 heteroatoms. The Hall–Kier alpha value is -2.21. The molecule has 1 aliphatic heterocycles. The van der Waals surface area contributed by atoms with Crippen molar-refractivity contribution in [2.24, 2.45) is 0 Å². The number of amides is 2. The van der Waals surface area contributed by atoms with Gasteiger partial charge in [0.05, 0.1) is 10.7 Å². The van der Waals surface area contributed by atoms with Crippen molar-refractivity contribution in [3.63, 3.8) is 0 Å². The predicted molar refractivity (Wildman–Crippen MR) is 107 cm³/mol. The molecule has 0 fully saturated rings. The molecule has 1 aromatic heterocycles. The summed E-state index contributed by atoms with van der Waals surface area (Å²) in [5, 5.41) is 7.12. The fraction of sp³-hybridized carbons (Fsp3) is 0.476. The van der Waals surface area contributed by atoms with E-state index in [-0.39, 0.29) is 11.8 Å². The molecule has 0 saturated carbocycles. The van der Waals surface area contributed by atoms with E-state index in [1.807, 2.05) is 23.5 Å². The Morgan fingerprint density at radius 1 is 1.15 bits per heavy atom. The second-order valence-electron chi connectivity index (χ2n) is 7.32. The standard InChI is InChI=1S/C21H25N3O2S/c25-19-8-3-5-14-13-15(10-11-16(14)23-19)21(26)22-12-4-9-20-24-17-6-1-2-7-18(17)27-20/h10-11,13H,1-9,12H2,(H,22,26)(H,23,25). The van der Waals surface area contributed by atoms with E-state index >= 15 is 0 Å². The molecule has 0 atom stereocenters. The van der Waals surface area contributed by atoms with E-state index in [0.29, 0.717) is 18.5 Å². The van der Waals surface area contributed by atoms with Crippen LogP contribution in [0.1, 0.15) is 63.6 Å². The first-order chi connectivity index (χ1) is 13.2. The quantitative estimate of drug-likeness (QED) is 0.774. The van der Waals surface area contributed by atoms with Crippen LogP contribution in [0.15, 0.2) is 18.2 Å². The molecule has 2 N–H and O–H groups in total. The summed E-state index contributed by atoms with van der Waals surface area (Å²) in [4.78, 5) is 30.3. The van der Waals surface area contributed by atoms with E-state index in [1.165, 1.54) is 34.8 Å². The highest BCUT2D eigenvalue weighted by molar-refractivity contribution is 7.11. The van der Waals surface area contributed by atoms with Gasteiger partial charge < -0.3 is 10.6 Å². The number of hydrogen-bond acceptors (Lipinski definition) is 4. The Kier molecular flexibility index (Phi) is 5.53. The third-order valence-corrected chi connectivity index (χ3v) is 6.45. The summed E-state index contributed by atoms with van der Waals surface area (Å²) in [5.74, 6) is 0.00150. The zero-order valence-electron chi connectivity index (χ0n) is 15.5. The molecule has 2 aromatic rings. The van der Waals surface area contributed by atoms with Gasteiger partial charge >= 0.3 is 0 Å². The van der Waals surface area contributed by atoms with Crippen LogP contribution in [-0.2, 0) is 30.5 Å². The van der Waals surface area contributed by atoms with Gasteiger partial charge in [-0.1, -0.05) is 0 Å². The smallest absolute Gasteiger partial charge is 0.251 e. The molecule has 142 valence electrons. The first-order valence-electron chi connectivity index (χ1n) is 9.87. The molecule has 0 radical (unpaired) electrons. The maximum atomic E-state index is 12.4. The van der Waals surface area contributed by atoms with Crippen LogP contribution in [0.25, 0.3) is 0 Å². The number of carbonyl (C=O) groups is 2. The minimum Gasteiger partial charge on any atom is -0.352 e. The van der Waals surface area contributed by atoms with Gasteiger partial charge in [0.2, 0.25) is 5.91 Å². The van der Waals surface area contributed by atoms with E-state index in [0.717, 1.165) is 43.4 Å². The average molecular weight is 384 g/mol. The van der Waals surface area contributed by atoms with Crippen LogP contribution in [0.4, 0.5) is 5.69 Å². The lowest BCUT2D eigenvalue weighted by Crippen LogP contribution is -2.25. The van der Waals surface area contributed by atoms with Gasteiger partial charge in [-0.3, -0.25) is 9.59 Å². The van der Waals surface area contributed by atoms with Crippen LogP contribution in [0.3, 0.4) is 0 Å². The largest absolute Gasteiger partial charge is 0.352 e. The molecular weight excluding hydrogens is 358 g/mol. The lowest BCUT2D eigenvalue weighted by atomic mass is 10.0. The van der Waals surface area contributed by atoms with Gasteiger partial charge in [0.15, 0.2) is 0 Å². The number of nitrogens with one attached hydrogen (secondary N) is 2. The zero-order valence-corrected chi connectivity index (χ0v) is 16.3. The molecule has 0 saturated heterocycles. The van der Waals surface area contributed by atoms with Gasteiger partial charge in [-0.25, -0.2) is 4.98 Å². The highest BCUT2D eigenvalue weighted by Crippen LogP contribution is 2.27. The summed E-state index contributed by atoms with van der Waals surface area (Å²) in [6, 6.07) is 5.54. The van der Waals surface area contributed by atoms with E-state index in [4.69, 9.17) is 4.98 Å². The number of carbonyl (C=O) groups excluding carboxylic acids is 2. The summed E-state index contributed by atoms with van der Waals surface area (Å²) >= 11 is 1.85. The number of benzene rings is 1. The molecular formula is C21H25N3O2S. The molecule has 2 heterocycles. The fourth-order valence-corrected chi connectivity index (χ4v) is 4.97. The summed E-state index contributed by atoms with van der Waals surface area (Å²) in [6.07, 6.45) is 8.87. The summed E-state index contributed by atoms with van der Waals surface area (Å²) in [6.45, 7) is 0.650. The molecule has 2 amide bonds. The SMILES string of the molecule is O=C1CCCc2cc(C(=O)NCCCc3nc4c(s3)CCCC4)ccc2N1. The summed E-state index contributed by atoms with van der Waals surface area (Å²) in [7, 11) is 0. The van der Waals surface area contributed by atoms with Gasteiger partial charge in [-0.2, -0.15) is 0 Å². The van der Waals surface area contributed by atoms with Crippen molar-refractivity contribution in [1.82, 2.24) is 10.3 Å². The molecule has 0 bridgehead atoms. The first kappa shape index (κ1) is 18.2. The van der Waals surface area contributed by atoms with Crippen LogP contribution >= 0.6 is 11.3 Å². The number of aromatic nitrogens is 1. The van der Waals surface area contributed by atoms with Crippen LogP contribution in [0.5, 0.6) is 0 Å². The van der Waals surface area contributed by atoms with Crippen molar-refractivity contribution in [1.29, 1.82) is 0 Å². The molecule has 1 aliphatic carbocycles. The third-order valence-electron chi connectivity index (χ3n) is 5.23. The second kappa shape index (κ2) is 8.21. The highest BCUT2D eigenvalue weighted by Gasteiger charge is 2.16. The van der Waals surface area contributed by atoms with Gasteiger partial charge in [0, 0.05) is 35.5 Å². The highest BCUT2D eigenvalue weighted by atomic mass is 32.1. The molecule has 5 nitrogen and oxygen atoms in total. The van der Waals surface area contributed by atoms with Gasteiger partial charge in [0.25, 0.3) is 5.91 Å². The van der Waals surface area contributed by atoms with Crippen molar-refractivity contribution >= 4 is 28.8 Å². The zero-order chi connectivity index (χ0) is 18.6. The topological polar surface area (TPSA) is 71.1 Å². The molecule has 0 unspecified atom stereocenters. The van der Waals surface area contributed by atoms with E-state index in [1.54, 1.807) is 6.07 Å². The predicted octanol–water partition coefficient (Wildman–Crippen LogP) is 3.66. The van der Waals surface area contributed by atoms with E-state index in [9.17, 15) is 9.59 Å². The Labute approximate surface area is 163 Å². The minimum absolute atomic E-state index is 0.0493. The monoisotopic (exact) mass is 383 g/mol. The van der Waals surface area contributed by atoms with Crippen molar-refractivity contribution in [2.75, 3.05) is 11.9 Å². The normalized spacial score (nSPS) is 16.1. The number of aryl methyl sites for hydroxylation is 4. The number of nitrogens with zero attached hydrogens (tertiary/aromatic N) is 1. The van der Waals surface area contributed by atoms with E-state index < -0.39 is 0 Å². The third kappa shape index (κ3) is 4.38. The molecule has 1 aromatic carbocycles. The van der Waals surface area contributed by atoms with Gasteiger partial charge in [-0.05, 0) is 68.7 Å².